The van der Waals surface area contributed by atoms with Crippen LogP contribution in [0.25, 0.3) is 0 Å². The normalized spacial score (nSPS) is 34.9. The summed E-state index contributed by atoms with van der Waals surface area (Å²) in [6, 6.07) is 0. The van der Waals surface area contributed by atoms with Gasteiger partial charge in [-0.25, -0.2) is 9.90 Å². The van der Waals surface area contributed by atoms with Gasteiger partial charge in [0.1, 0.15) is 0 Å². The van der Waals surface area contributed by atoms with Crippen LogP contribution in [0.5, 0.6) is 0 Å². The van der Waals surface area contributed by atoms with E-state index >= 15 is 0 Å². The zero-order valence-electron chi connectivity index (χ0n) is 8.75. The van der Waals surface area contributed by atoms with Crippen LogP contribution in [0.1, 0.15) is 40.0 Å². The van der Waals surface area contributed by atoms with Crippen LogP contribution in [0.2, 0.25) is 0 Å². The molecule has 0 aromatic carbocycles. The maximum absolute atomic E-state index is 10.9. The van der Waals surface area contributed by atoms with Crippen molar-refractivity contribution in [3.8, 4) is 0 Å². The summed E-state index contributed by atoms with van der Waals surface area (Å²) in [5.41, 5.74) is 0. The molecule has 0 saturated heterocycles. The van der Waals surface area contributed by atoms with Gasteiger partial charge in [-0.15, -0.1) is 0 Å². The van der Waals surface area contributed by atoms with Crippen molar-refractivity contribution in [2.75, 3.05) is 0 Å². The first-order valence-corrected chi connectivity index (χ1v) is 5.23. The molecule has 1 fully saturated rings. The molecule has 0 amide bonds. The largest absolute Gasteiger partial charge is 0.358 e. The second-order valence-corrected chi connectivity index (χ2v) is 4.75. The molecule has 3 unspecified atom stereocenters. The third-order valence-corrected chi connectivity index (χ3v) is 3.32. The van der Waals surface area contributed by atoms with Crippen LogP contribution in [0.15, 0.2) is 0 Å². The van der Waals surface area contributed by atoms with E-state index in [1.165, 1.54) is 6.42 Å². The van der Waals surface area contributed by atoms with E-state index in [2.05, 4.69) is 20.8 Å². The first-order chi connectivity index (χ1) is 6.02. The van der Waals surface area contributed by atoms with E-state index in [1.807, 2.05) is 0 Å². The Kier molecular flexibility index (Phi) is 3.34. The molecule has 0 aliphatic heterocycles. The zero-order chi connectivity index (χ0) is 10.0. The molecule has 1 saturated carbocycles. The van der Waals surface area contributed by atoms with Crippen molar-refractivity contribution in [3.05, 3.63) is 0 Å². The topological polar surface area (TPSA) is 37.0 Å². The summed E-state index contributed by atoms with van der Waals surface area (Å²) < 4.78 is 0. The Morgan fingerprint density at radius 3 is 2.38 bits per heavy atom. The maximum Gasteiger partial charge on any atom is 0.358 e. The molecule has 0 spiro atoms. The fraction of sp³-hybridized carbons (Fsp3) is 0.909. The number of hydrogen-bond donors (Lipinski definition) is 0. The predicted molar refractivity (Wildman–Crippen MR) is 50.5 cm³/mol. The summed E-state index contributed by atoms with van der Waals surface area (Å²) in [7, 11) is 0. The van der Waals surface area contributed by atoms with Gasteiger partial charge < -0.3 is 0 Å². The summed E-state index contributed by atoms with van der Waals surface area (Å²) in [6.45, 7) is 6.35. The highest BCUT2D eigenvalue weighted by atomic mass is 16.4. The quantitative estimate of drug-likeness (QED) is 0.648. The number of rotatable bonds is 2. The number of carbonyl (C=O) groups is 1. The molecular weight excluding hydrogens is 164 g/mol. The third-order valence-electron chi connectivity index (χ3n) is 3.32. The number of carbonyl (C=O) groups excluding carboxylic acids is 1. The maximum atomic E-state index is 10.9. The van der Waals surface area contributed by atoms with Crippen LogP contribution in [-0.4, -0.2) is 5.97 Å². The summed E-state index contributed by atoms with van der Waals surface area (Å²) >= 11 is 0. The first-order valence-electron chi connectivity index (χ1n) is 5.23. The average Bonchev–Trinajstić information content (AvgIpc) is 2.03. The SMILES string of the molecule is CC1CCC(C(C)C)C(C([O])=O)C1. The van der Waals surface area contributed by atoms with Gasteiger partial charge in [0, 0.05) is 0 Å². The molecule has 1 rings (SSSR count). The van der Waals surface area contributed by atoms with Crippen molar-refractivity contribution >= 4 is 5.97 Å². The van der Waals surface area contributed by atoms with Gasteiger partial charge in [-0.2, -0.15) is 0 Å². The molecule has 13 heavy (non-hydrogen) atoms. The van der Waals surface area contributed by atoms with Crippen LogP contribution in [0, 0.1) is 23.7 Å². The van der Waals surface area contributed by atoms with Crippen molar-refractivity contribution < 1.29 is 9.90 Å². The van der Waals surface area contributed by atoms with Gasteiger partial charge in [0.25, 0.3) is 0 Å². The van der Waals surface area contributed by atoms with Gasteiger partial charge in [-0.05, 0) is 30.6 Å². The lowest BCUT2D eigenvalue weighted by atomic mass is 9.70. The Morgan fingerprint density at radius 1 is 1.31 bits per heavy atom. The van der Waals surface area contributed by atoms with Gasteiger partial charge in [0.15, 0.2) is 0 Å². The molecule has 75 valence electrons. The van der Waals surface area contributed by atoms with E-state index < -0.39 is 5.97 Å². The minimum absolute atomic E-state index is 0.205. The fourth-order valence-corrected chi connectivity index (χ4v) is 2.47. The van der Waals surface area contributed by atoms with Gasteiger partial charge >= 0.3 is 5.97 Å². The van der Waals surface area contributed by atoms with Crippen molar-refractivity contribution in [1.29, 1.82) is 0 Å². The van der Waals surface area contributed by atoms with Crippen molar-refractivity contribution in [3.63, 3.8) is 0 Å². The number of hydrogen-bond acceptors (Lipinski definition) is 1. The standard InChI is InChI=1S/C11H19O2/c1-7(2)9-5-4-8(3)6-10(9)11(12)13/h7-10H,4-6H2,1-3H3. The smallest absolute Gasteiger partial charge is 0.247 e. The van der Waals surface area contributed by atoms with Gasteiger partial charge in [0.05, 0.1) is 5.92 Å². The lowest BCUT2D eigenvalue weighted by molar-refractivity contribution is -0.153. The summed E-state index contributed by atoms with van der Waals surface area (Å²) in [6.07, 6.45) is 3.04. The molecule has 0 aromatic heterocycles. The molecule has 1 aliphatic carbocycles. The molecule has 3 atom stereocenters. The Bertz CT molecular complexity index is 187. The monoisotopic (exact) mass is 183 g/mol. The highest BCUT2D eigenvalue weighted by molar-refractivity contribution is 5.70. The van der Waals surface area contributed by atoms with Crippen LogP contribution in [0.4, 0.5) is 0 Å². The molecule has 0 heterocycles. The molecule has 0 bridgehead atoms. The third kappa shape index (κ3) is 2.45. The molecule has 0 aromatic rings. The lowest BCUT2D eigenvalue weighted by Crippen LogP contribution is -2.32. The fourth-order valence-electron chi connectivity index (χ4n) is 2.47. The van der Waals surface area contributed by atoms with Crippen molar-refractivity contribution in [1.82, 2.24) is 0 Å². The Labute approximate surface area is 80.3 Å². The minimum Gasteiger partial charge on any atom is -0.247 e. The molecule has 2 nitrogen and oxygen atoms in total. The average molecular weight is 183 g/mol. The molecule has 2 heteroatoms. The first kappa shape index (κ1) is 10.6. The van der Waals surface area contributed by atoms with E-state index in [1.54, 1.807) is 0 Å². The molecule has 1 aliphatic rings. The van der Waals surface area contributed by atoms with E-state index in [9.17, 15) is 9.90 Å². The highest BCUT2D eigenvalue weighted by Gasteiger charge is 2.36. The van der Waals surface area contributed by atoms with E-state index in [0.29, 0.717) is 17.8 Å². The van der Waals surface area contributed by atoms with Gasteiger partial charge in [0.2, 0.25) is 0 Å². The van der Waals surface area contributed by atoms with Crippen molar-refractivity contribution in [2.45, 2.75) is 40.0 Å². The predicted octanol–water partition coefficient (Wildman–Crippen LogP) is 2.65. The highest BCUT2D eigenvalue weighted by Crippen LogP contribution is 2.37. The van der Waals surface area contributed by atoms with Crippen molar-refractivity contribution in [2.24, 2.45) is 23.7 Å². The van der Waals surface area contributed by atoms with Gasteiger partial charge in [-0.3, -0.25) is 0 Å². The minimum atomic E-state index is -0.842. The second kappa shape index (κ2) is 4.12. The zero-order valence-corrected chi connectivity index (χ0v) is 8.75. The van der Waals surface area contributed by atoms with Crippen LogP contribution in [0.3, 0.4) is 0 Å². The van der Waals surface area contributed by atoms with E-state index in [-0.39, 0.29) is 5.92 Å². The van der Waals surface area contributed by atoms with Crippen LogP contribution < -0.4 is 0 Å². The van der Waals surface area contributed by atoms with Crippen LogP contribution in [-0.2, 0) is 9.90 Å². The van der Waals surface area contributed by atoms with Crippen LogP contribution >= 0.6 is 0 Å². The van der Waals surface area contributed by atoms with E-state index in [0.717, 1.165) is 12.8 Å². The van der Waals surface area contributed by atoms with E-state index in [4.69, 9.17) is 0 Å². The van der Waals surface area contributed by atoms with Gasteiger partial charge in [-0.1, -0.05) is 27.2 Å². The Balaban J connectivity index is 2.66. The Hall–Kier alpha value is -0.530. The molecule has 0 N–H and O–H groups in total. The summed E-state index contributed by atoms with van der Waals surface area (Å²) in [4.78, 5) is 10.9. The molecular formula is C11H19O2. The lowest BCUT2D eigenvalue weighted by Gasteiger charge is -2.34. The molecule has 1 radical (unpaired) electrons. The summed E-state index contributed by atoms with van der Waals surface area (Å²) in [5, 5.41) is 10.9. The Morgan fingerprint density at radius 2 is 1.92 bits per heavy atom. The summed E-state index contributed by atoms with van der Waals surface area (Å²) in [5.74, 6) is 0.309. The second-order valence-electron chi connectivity index (χ2n) is 4.75.